The van der Waals surface area contributed by atoms with E-state index in [4.69, 9.17) is 4.99 Å². The van der Waals surface area contributed by atoms with Gasteiger partial charge in [-0.15, -0.1) is 0 Å². The van der Waals surface area contributed by atoms with Gasteiger partial charge in [-0.1, -0.05) is 184 Å². The Hall–Kier alpha value is -5.79. The van der Waals surface area contributed by atoms with Crippen LogP contribution in [0.15, 0.2) is 175 Å². The molecule has 0 fully saturated rings. The highest BCUT2D eigenvalue weighted by Crippen LogP contribution is 2.44. The van der Waals surface area contributed by atoms with E-state index >= 15 is 0 Å². The third-order valence-corrected chi connectivity index (χ3v) is 10.0. The van der Waals surface area contributed by atoms with Gasteiger partial charge in [0.25, 0.3) is 0 Å². The lowest BCUT2D eigenvalue weighted by Gasteiger charge is -2.21. The maximum absolute atomic E-state index is 4.83. The van der Waals surface area contributed by atoms with E-state index in [1.807, 2.05) is 12.1 Å². The number of hydrogen-bond donors (Lipinski definition) is 0. The molecular weight excluding hydrogens is 627 g/mol. The third-order valence-electron chi connectivity index (χ3n) is 10.0. The van der Waals surface area contributed by atoms with Crippen LogP contribution in [0.5, 0.6) is 0 Å². The number of benzene rings is 7. The van der Waals surface area contributed by atoms with Crippen LogP contribution in [0, 0.1) is 19.8 Å². The second-order valence-electron chi connectivity index (χ2n) is 14.0. The van der Waals surface area contributed by atoms with Crippen molar-refractivity contribution < 1.29 is 0 Å². The summed E-state index contributed by atoms with van der Waals surface area (Å²) in [6, 6.07) is 54.4. The SMILES string of the molecule is CCCC(=Nc1ccccc1C)c1ccccc1.Cc1ccc(-c2ccc3c(C4=CCC(C)C=C4)c4ccccc4c(-c4ccccc4)c3c2)cc1. The van der Waals surface area contributed by atoms with Gasteiger partial charge < -0.3 is 0 Å². The molecule has 0 heterocycles. The molecule has 1 atom stereocenters. The quantitative estimate of drug-likeness (QED) is 0.118. The van der Waals surface area contributed by atoms with Gasteiger partial charge in [0, 0.05) is 5.71 Å². The first kappa shape index (κ1) is 34.6. The molecule has 7 aromatic rings. The first-order valence-electron chi connectivity index (χ1n) is 18.7. The molecule has 1 unspecified atom stereocenters. The van der Waals surface area contributed by atoms with Crippen molar-refractivity contribution >= 4 is 38.5 Å². The van der Waals surface area contributed by atoms with Gasteiger partial charge in [-0.05, 0) is 111 Å². The van der Waals surface area contributed by atoms with Crippen LogP contribution in [0.2, 0.25) is 0 Å². The highest BCUT2D eigenvalue weighted by molar-refractivity contribution is 6.20. The molecule has 7 aromatic carbocycles. The molecule has 8 rings (SSSR count). The first-order chi connectivity index (χ1) is 25.5. The number of hydrogen-bond acceptors (Lipinski definition) is 1. The van der Waals surface area contributed by atoms with Crippen molar-refractivity contribution in [2.75, 3.05) is 0 Å². The molecule has 0 saturated heterocycles. The van der Waals surface area contributed by atoms with E-state index in [0.717, 1.165) is 24.9 Å². The molecule has 1 heteroatoms. The van der Waals surface area contributed by atoms with Gasteiger partial charge in [-0.3, -0.25) is 4.99 Å². The molecule has 0 N–H and O–H groups in total. The van der Waals surface area contributed by atoms with E-state index < -0.39 is 0 Å². The standard InChI is InChI=1S/C34H28.C17H19N/c1-23-12-16-25(17-13-23)28-20-21-31-32(22-28)34(26-8-4-3-5-9-26)30-11-7-6-10-29(30)33(31)27-18-14-24(2)15-19-27;1-3-9-17(15-11-5-4-6-12-15)18-16-13-8-7-10-14(16)2/h3-14,16-22,24H,15H2,1-2H3;4-8,10-13H,3,9H2,1-2H3. The smallest absolute Gasteiger partial charge is 0.0662 e. The lowest BCUT2D eigenvalue weighted by Crippen LogP contribution is -1.99. The summed E-state index contributed by atoms with van der Waals surface area (Å²) in [5, 5.41) is 5.26. The van der Waals surface area contributed by atoms with Crippen molar-refractivity contribution in [1.29, 1.82) is 0 Å². The molecule has 1 aliphatic rings. The molecule has 0 amide bonds. The van der Waals surface area contributed by atoms with E-state index in [9.17, 15) is 0 Å². The van der Waals surface area contributed by atoms with Crippen LogP contribution in [0.3, 0.4) is 0 Å². The monoisotopic (exact) mass is 673 g/mol. The van der Waals surface area contributed by atoms with Crippen LogP contribution in [-0.2, 0) is 0 Å². The molecule has 0 aromatic heterocycles. The second-order valence-corrected chi connectivity index (χ2v) is 14.0. The molecule has 1 aliphatic carbocycles. The van der Waals surface area contributed by atoms with Crippen molar-refractivity contribution in [3.8, 4) is 22.3 Å². The third kappa shape index (κ3) is 7.60. The normalized spacial score (nSPS) is 14.2. The van der Waals surface area contributed by atoms with E-state index in [1.54, 1.807) is 0 Å². The number of nitrogens with zero attached hydrogens (tertiary/aromatic N) is 1. The predicted molar refractivity (Wildman–Crippen MR) is 227 cm³/mol. The molecule has 0 aliphatic heterocycles. The zero-order chi connectivity index (χ0) is 35.9. The molecule has 0 bridgehead atoms. The minimum atomic E-state index is 0.595. The molecule has 1 nitrogen and oxygen atoms in total. The van der Waals surface area contributed by atoms with E-state index in [0.29, 0.717) is 5.92 Å². The van der Waals surface area contributed by atoms with Crippen LogP contribution in [-0.4, -0.2) is 5.71 Å². The minimum Gasteiger partial charge on any atom is -0.253 e. The number of fused-ring (bicyclic) bond motifs is 2. The summed E-state index contributed by atoms with van der Waals surface area (Å²) in [5.41, 5.74) is 13.8. The fourth-order valence-corrected chi connectivity index (χ4v) is 7.21. The lowest BCUT2D eigenvalue weighted by molar-refractivity contribution is 0.739. The fourth-order valence-electron chi connectivity index (χ4n) is 7.21. The summed E-state index contributed by atoms with van der Waals surface area (Å²) >= 11 is 0. The summed E-state index contributed by atoms with van der Waals surface area (Å²) in [4.78, 5) is 4.83. The molecule has 52 heavy (non-hydrogen) atoms. The van der Waals surface area contributed by atoms with Crippen LogP contribution >= 0.6 is 0 Å². The Labute approximate surface area is 309 Å². The Balaban J connectivity index is 0.000000198. The van der Waals surface area contributed by atoms with Crippen molar-refractivity contribution in [3.63, 3.8) is 0 Å². The Kier molecular flexibility index (Phi) is 10.7. The number of rotatable bonds is 7. The molecule has 0 spiro atoms. The largest absolute Gasteiger partial charge is 0.253 e. The maximum atomic E-state index is 4.83. The van der Waals surface area contributed by atoms with Crippen molar-refractivity contribution in [2.24, 2.45) is 10.9 Å². The zero-order valence-corrected chi connectivity index (χ0v) is 30.8. The van der Waals surface area contributed by atoms with Crippen molar-refractivity contribution in [1.82, 2.24) is 0 Å². The highest BCUT2D eigenvalue weighted by Gasteiger charge is 2.19. The van der Waals surface area contributed by atoms with Gasteiger partial charge in [-0.2, -0.15) is 0 Å². The van der Waals surface area contributed by atoms with Gasteiger partial charge in [0.2, 0.25) is 0 Å². The van der Waals surface area contributed by atoms with Gasteiger partial charge in [0.05, 0.1) is 5.69 Å². The average molecular weight is 674 g/mol. The summed E-state index contributed by atoms with van der Waals surface area (Å²) in [5.74, 6) is 0.595. The Morgan fingerprint density at radius 3 is 1.88 bits per heavy atom. The van der Waals surface area contributed by atoms with Gasteiger partial charge in [-0.25, -0.2) is 0 Å². The predicted octanol–water partition coefficient (Wildman–Crippen LogP) is 14.5. The van der Waals surface area contributed by atoms with Crippen LogP contribution in [0.4, 0.5) is 5.69 Å². The molecule has 0 radical (unpaired) electrons. The van der Waals surface area contributed by atoms with Gasteiger partial charge >= 0.3 is 0 Å². The second kappa shape index (κ2) is 16.0. The van der Waals surface area contributed by atoms with E-state index in [-0.39, 0.29) is 0 Å². The lowest BCUT2D eigenvalue weighted by atomic mass is 9.83. The van der Waals surface area contributed by atoms with E-state index in [2.05, 4.69) is 185 Å². The van der Waals surface area contributed by atoms with Gasteiger partial charge in [0.15, 0.2) is 0 Å². The Morgan fingerprint density at radius 1 is 0.596 bits per heavy atom. The first-order valence-corrected chi connectivity index (χ1v) is 18.7. The number of aryl methyl sites for hydroxylation is 2. The fraction of sp³-hybridized carbons (Fsp3) is 0.157. The van der Waals surface area contributed by atoms with Crippen molar-refractivity contribution in [3.05, 3.63) is 192 Å². The van der Waals surface area contributed by atoms with E-state index in [1.165, 1.54) is 77.3 Å². The molecule has 256 valence electrons. The molecule has 0 saturated carbocycles. The number of para-hydroxylation sites is 1. The minimum absolute atomic E-state index is 0.595. The summed E-state index contributed by atoms with van der Waals surface area (Å²) < 4.78 is 0. The van der Waals surface area contributed by atoms with Gasteiger partial charge in [0.1, 0.15) is 0 Å². The summed E-state index contributed by atoms with van der Waals surface area (Å²) in [7, 11) is 0. The van der Waals surface area contributed by atoms with Crippen LogP contribution in [0.1, 0.15) is 55.4 Å². The maximum Gasteiger partial charge on any atom is 0.0662 e. The summed E-state index contributed by atoms with van der Waals surface area (Å²) in [6.07, 6.45) is 10.3. The van der Waals surface area contributed by atoms with Crippen LogP contribution < -0.4 is 0 Å². The average Bonchev–Trinajstić information content (AvgIpc) is 3.19. The summed E-state index contributed by atoms with van der Waals surface area (Å²) in [6.45, 7) is 8.72. The number of allylic oxidation sites excluding steroid dienone is 4. The zero-order valence-electron chi connectivity index (χ0n) is 30.8. The van der Waals surface area contributed by atoms with Crippen LogP contribution in [0.25, 0.3) is 49.4 Å². The highest BCUT2D eigenvalue weighted by atomic mass is 14.7. The van der Waals surface area contributed by atoms with Crippen molar-refractivity contribution in [2.45, 2.75) is 47.0 Å². The topological polar surface area (TPSA) is 12.4 Å². The Bertz CT molecular complexity index is 2390. The Morgan fingerprint density at radius 2 is 1.21 bits per heavy atom. The molecular formula is C51H47N. The number of aliphatic imine (C=N–C) groups is 1.